The number of benzene rings is 1. The average Bonchev–Trinajstić information content (AvgIpc) is 3.23. The first-order chi connectivity index (χ1) is 15.2. The molecule has 1 aromatic carbocycles. The maximum Gasteiger partial charge on any atom is 0.410 e. The number of fused-ring (bicyclic) bond motifs is 1. The predicted octanol–water partition coefficient (Wildman–Crippen LogP) is 4.20. The molecule has 3 amide bonds. The Morgan fingerprint density at radius 2 is 1.88 bits per heavy atom. The molecule has 170 valence electrons. The summed E-state index contributed by atoms with van der Waals surface area (Å²) in [6.07, 6.45) is 4.27. The van der Waals surface area contributed by atoms with Gasteiger partial charge in [-0.15, -0.1) is 0 Å². The van der Waals surface area contributed by atoms with Gasteiger partial charge < -0.3 is 24.8 Å². The average molecular weight is 439 g/mol. The second-order valence-electron chi connectivity index (χ2n) is 9.37. The van der Waals surface area contributed by atoms with Gasteiger partial charge in [0.1, 0.15) is 11.3 Å². The van der Waals surface area contributed by atoms with Crippen molar-refractivity contribution in [3.63, 3.8) is 0 Å². The van der Waals surface area contributed by atoms with E-state index in [1.807, 2.05) is 55.8 Å². The van der Waals surface area contributed by atoms with E-state index in [-0.39, 0.29) is 23.9 Å². The highest BCUT2D eigenvalue weighted by Crippen LogP contribution is 2.28. The number of hydrogen-bond donors (Lipinski definition) is 2. The first-order valence-corrected chi connectivity index (χ1v) is 11.1. The summed E-state index contributed by atoms with van der Waals surface area (Å²) in [6, 6.07) is 9.37. The molecule has 0 saturated carbocycles. The molecule has 32 heavy (non-hydrogen) atoms. The van der Waals surface area contributed by atoms with Crippen LogP contribution in [0.15, 0.2) is 36.5 Å². The molecule has 0 radical (unpaired) electrons. The van der Waals surface area contributed by atoms with Gasteiger partial charge in [0.2, 0.25) is 5.91 Å². The van der Waals surface area contributed by atoms with E-state index < -0.39 is 5.60 Å². The van der Waals surface area contributed by atoms with Crippen LogP contribution in [0.4, 0.5) is 16.2 Å². The fourth-order valence-corrected chi connectivity index (χ4v) is 4.21. The third-order valence-corrected chi connectivity index (χ3v) is 5.78. The quantitative estimate of drug-likeness (QED) is 0.751. The topological polar surface area (TPSA) is 92.7 Å². The van der Waals surface area contributed by atoms with E-state index in [9.17, 15) is 14.4 Å². The Labute approximate surface area is 187 Å². The summed E-state index contributed by atoms with van der Waals surface area (Å²) in [5.74, 6) is -0.158. The molecule has 2 aromatic rings. The van der Waals surface area contributed by atoms with Crippen molar-refractivity contribution in [2.75, 3.05) is 23.7 Å². The van der Waals surface area contributed by atoms with E-state index in [1.165, 1.54) is 0 Å². The summed E-state index contributed by atoms with van der Waals surface area (Å²) in [5.41, 5.74) is 2.61. The highest BCUT2D eigenvalue weighted by molar-refractivity contribution is 6.03. The fourth-order valence-electron chi connectivity index (χ4n) is 4.21. The van der Waals surface area contributed by atoms with E-state index in [2.05, 4.69) is 10.6 Å². The molecule has 1 aromatic heterocycles. The Morgan fingerprint density at radius 1 is 1.12 bits per heavy atom. The van der Waals surface area contributed by atoms with Crippen LogP contribution in [0, 0.1) is 0 Å². The number of nitrogens with one attached hydrogen (secondary N) is 2. The smallest absolute Gasteiger partial charge is 0.410 e. The second kappa shape index (κ2) is 8.68. The summed E-state index contributed by atoms with van der Waals surface area (Å²) < 4.78 is 7.47. The van der Waals surface area contributed by atoms with Crippen LogP contribution in [0.2, 0.25) is 0 Å². The van der Waals surface area contributed by atoms with Crippen molar-refractivity contribution in [1.29, 1.82) is 0 Å². The van der Waals surface area contributed by atoms with Crippen LogP contribution in [0.3, 0.4) is 0 Å². The minimum absolute atomic E-state index is 0.0184. The molecule has 2 N–H and O–H groups in total. The molecule has 8 nitrogen and oxygen atoms in total. The summed E-state index contributed by atoms with van der Waals surface area (Å²) in [7, 11) is 0. The van der Waals surface area contributed by atoms with Gasteiger partial charge in [-0.25, -0.2) is 4.79 Å². The van der Waals surface area contributed by atoms with Gasteiger partial charge in [-0.3, -0.25) is 9.59 Å². The van der Waals surface area contributed by atoms with Gasteiger partial charge in [-0.1, -0.05) is 0 Å². The molecule has 1 saturated heterocycles. The number of likely N-dealkylation sites (tertiary alicyclic amines) is 1. The number of nitrogens with zero attached hydrogens (tertiary/aromatic N) is 2. The summed E-state index contributed by atoms with van der Waals surface area (Å²) in [6.45, 7) is 6.77. The van der Waals surface area contributed by atoms with Crippen LogP contribution in [0.5, 0.6) is 0 Å². The number of amides is 3. The number of carbonyl (C=O) groups is 3. The Hall–Kier alpha value is -3.29. The number of aryl methyl sites for hydroxylation is 1. The number of rotatable bonds is 3. The van der Waals surface area contributed by atoms with Gasteiger partial charge in [0.15, 0.2) is 0 Å². The Kier molecular flexibility index (Phi) is 5.95. The third-order valence-electron chi connectivity index (χ3n) is 5.78. The largest absolute Gasteiger partial charge is 0.444 e. The molecule has 1 fully saturated rings. The highest BCUT2D eigenvalue weighted by atomic mass is 16.6. The van der Waals surface area contributed by atoms with Crippen molar-refractivity contribution in [3.8, 4) is 0 Å². The lowest BCUT2D eigenvalue weighted by molar-refractivity contribution is -0.116. The third kappa shape index (κ3) is 4.95. The van der Waals surface area contributed by atoms with Crippen molar-refractivity contribution >= 4 is 29.3 Å². The second-order valence-corrected chi connectivity index (χ2v) is 9.37. The molecule has 0 aliphatic carbocycles. The molecule has 0 unspecified atom stereocenters. The first-order valence-electron chi connectivity index (χ1n) is 11.1. The molecule has 4 rings (SSSR count). The zero-order chi connectivity index (χ0) is 22.9. The highest BCUT2D eigenvalue weighted by Gasteiger charge is 2.29. The van der Waals surface area contributed by atoms with Crippen LogP contribution < -0.4 is 10.6 Å². The number of hydrogen-bond acceptors (Lipinski definition) is 4. The van der Waals surface area contributed by atoms with Crippen molar-refractivity contribution < 1.29 is 19.1 Å². The number of carbonyl (C=O) groups excluding carboxylic acids is 3. The lowest BCUT2D eigenvalue weighted by Crippen LogP contribution is -2.42. The van der Waals surface area contributed by atoms with Crippen LogP contribution in [0.25, 0.3) is 0 Å². The number of aromatic nitrogens is 1. The molecule has 2 aliphatic heterocycles. The molecule has 8 heteroatoms. The van der Waals surface area contributed by atoms with Crippen molar-refractivity contribution in [1.82, 2.24) is 9.47 Å². The van der Waals surface area contributed by atoms with Gasteiger partial charge >= 0.3 is 6.09 Å². The molecule has 2 aliphatic rings. The minimum atomic E-state index is -0.512. The van der Waals surface area contributed by atoms with Crippen molar-refractivity contribution in [2.45, 2.75) is 58.1 Å². The number of ether oxygens (including phenoxy) is 1. The standard InChI is InChI=1S/C24H30N4O4/c1-24(2,3)32-23(31)27-13-10-18(11-14-27)28-12-4-5-20(28)22(30)25-17-7-8-19-16(15-17)6-9-21(29)26-19/h4-5,7-8,12,15,18H,6,9-11,13-14H2,1-3H3,(H,25,30)(H,26,29). The lowest BCUT2D eigenvalue weighted by atomic mass is 10.0. The summed E-state index contributed by atoms with van der Waals surface area (Å²) in [4.78, 5) is 38.6. The van der Waals surface area contributed by atoms with Gasteiger partial charge in [0, 0.05) is 43.1 Å². The number of anilines is 2. The van der Waals surface area contributed by atoms with Crippen LogP contribution in [-0.2, 0) is 16.0 Å². The van der Waals surface area contributed by atoms with Crippen molar-refractivity contribution in [3.05, 3.63) is 47.8 Å². The van der Waals surface area contributed by atoms with Crippen molar-refractivity contribution in [2.24, 2.45) is 0 Å². The Balaban J connectivity index is 1.39. The molecule has 0 spiro atoms. The van der Waals surface area contributed by atoms with E-state index >= 15 is 0 Å². The molecule has 0 atom stereocenters. The minimum Gasteiger partial charge on any atom is -0.444 e. The Morgan fingerprint density at radius 3 is 2.59 bits per heavy atom. The van der Waals surface area contributed by atoms with Crippen LogP contribution in [-0.4, -0.2) is 46.1 Å². The lowest BCUT2D eigenvalue weighted by Gasteiger charge is -2.34. The van der Waals surface area contributed by atoms with E-state index in [0.717, 1.165) is 24.1 Å². The number of piperidine rings is 1. The molecular formula is C24H30N4O4. The first kappa shape index (κ1) is 21.9. The fraction of sp³-hybridized carbons (Fsp3) is 0.458. The zero-order valence-electron chi connectivity index (χ0n) is 18.8. The molecular weight excluding hydrogens is 408 g/mol. The normalized spacial score (nSPS) is 16.8. The predicted molar refractivity (Wildman–Crippen MR) is 122 cm³/mol. The van der Waals surface area contributed by atoms with Crippen LogP contribution >= 0.6 is 0 Å². The van der Waals surface area contributed by atoms with Crippen LogP contribution in [0.1, 0.15) is 62.1 Å². The van der Waals surface area contributed by atoms with E-state index in [4.69, 9.17) is 4.74 Å². The SMILES string of the molecule is CC(C)(C)OC(=O)N1CCC(n2cccc2C(=O)Nc2ccc3c(c2)CCC(=O)N3)CC1. The molecule has 3 heterocycles. The maximum absolute atomic E-state index is 13.0. The van der Waals surface area contributed by atoms with Gasteiger partial charge in [0.05, 0.1) is 0 Å². The Bertz CT molecular complexity index is 1030. The van der Waals surface area contributed by atoms with Gasteiger partial charge in [-0.05, 0) is 75.9 Å². The summed E-state index contributed by atoms with van der Waals surface area (Å²) in [5, 5.41) is 5.83. The zero-order valence-corrected chi connectivity index (χ0v) is 18.8. The van der Waals surface area contributed by atoms with E-state index in [0.29, 0.717) is 37.3 Å². The monoisotopic (exact) mass is 438 g/mol. The molecule has 0 bridgehead atoms. The van der Waals surface area contributed by atoms with Gasteiger partial charge in [0.25, 0.3) is 5.91 Å². The summed E-state index contributed by atoms with van der Waals surface area (Å²) >= 11 is 0. The van der Waals surface area contributed by atoms with E-state index in [1.54, 1.807) is 11.0 Å². The maximum atomic E-state index is 13.0. The van der Waals surface area contributed by atoms with Gasteiger partial charge in [-0.2, -0.15) is 0 Å².